The Morgan fingerprint density at radius 2 is 2.45 bits per heavy atom. The van der Waals surface area contributed by atoms with Crippen LogP contribution in [-0.2, 0) is 9.53 Å². The number of hydrogen-bond acceptors (Lipinski definition) is 2. The van der Waals surface area contributed by atoms with E-state index < -0.39 is 0 Å². The number of aldehydes is 1. The second-order valence-electron chi connectivity index (χ2n) is 2.55. The smallest absolute Gasteiger partial charge is 0.160 e. The highest BCUT2D eigenvalue weighted by molar-refractivity contribution is 5.55. The molecule has 0 aromatic carbocycles. The molecule has 60 valence electrons. The van der Waals surface area contributed by atoms with Gasteiger partial charge in [0.25, 0.3) is 0 Å². The van der Waals surface area contributed by atoms with Crippen molar-refractivity contribution in [1.82, 2.24) is 0 Å². The van der Waals surface area contributed by atoms with Crippen LogP contribution in [-0.4, -0.2) is 12.4 Å². The second kappa shape index (κ2) is 3.96. The molecule has 0 amide bonds. The van der Waals surface area contributed by atoms with Crippen molar-refractivity contribution in [3.05, 3.63) is 24.0 Å². The van der Waals surface area contributed by atoms with Gasteiger partial charge in [0.05, 0.1) is 0 Å². The van der Waals surface area contributed by atoms with Gasteiger partial charge in [-0.25, -0.2) is 0 Å². The Balaban J connectivity index is 2.42. The molecule has 0 aromatic heterocycles. The monoisotopic (exact) mass is 152 g/mol. The maximum absolute atomic E-state index is 10.2. The van der Waals surface area contributed by atoms with E-state index >= 15 is 0 Å². The molecule has 1 aliphatic rings. The molecular formula is C9H12O2. The van der Waals surface area contributed by atoms with Crippen LogP contribution in [0.5, 0.6) is 0 Å². The summed E-state index contributed by atoms with van der Waals surface area (Å²) in [6, 6.07) is 0. The summed E-state index contributed by atoms with van der Waals surface area (Å²) in [6.07, 6.45) is 8.50. The fourth-order valence-corrected chi connectivity index (χ4v) is 0.919. The highest BCUT2D eigenvalue weighted by Crippen LogP contribution is 2.11. The lowest BCUT2D eigenvalue weighted by molar-refractivity contribution is -0.114. The van der Waals surface area contributed by atoms with E-state index in [2.05, 4.69) is 0 Å². The van der Waals surface area contributed by atoms with Gasteiger partial charge in [-0.1, -0.05) is 6.08 Å². The number of carbonyl (C=O) groups excluding carboxylic acids is 1. The molecule has 0 saturated carbocycles. The predicted molar refractivity (Wildman–Crippen MR) is 43.1 cm³/mol. The number of carbonyl (C=O) groups is 1. The number of rotatable bonds is 3. The van der Waals surface area contributed by atoms with Crippen LogP contribution in [0.3, 0.4) is 0 Å². The summed E-state index contributed by atoms with van der Waals surface area (Å²) < 4.78 is 5.25. The van der Waals surface area contributed by atoms with Crippen LogP contribution in [0.25, 0.3) is 0 Å². The van der Waals surface area contributed by atoms with Crippen LogP contribution in [0.1, 0.15) is 19.8 Å². The van der Waals surface area contributed by atoms with Crippen molar-refractivity contribution in [2.45, 2.75) is 25.9 Å². The minimum atomic E-state index is -0.330. The Labute approximate surface area is 66.5 Å². The third-order valence-electron chi connectivity index (χ3n) is 1.47. The Hall–Kier alpha value is -1.05. The zero-order chi connectivity index (χ0) is 8.10. The van der Waals surface area contributed by atoms with Crippen LogP contribution >= 0.6 is 0 Å². The van der Waals surface area contributed by atoms with Crippen molar-refractivity contribution >= 4 is 6.29 Å². The summed E-state index contributed by atoms with van der Waals surface area (Å²) >= 11 is 0. The lowest BCUT2D eigenvalue weighted by Gasteiger charge is -2.11. The maximum Gasteiger partial charge on any atom is 0.160 e. The molecule has 2 heteroatoms. The van der Waals surface area contributed by atoms with Crippen molar-refractivity contribution in [1.29, 1.82) is 0 Å². The van der Waals surface area contributed by atoms with Crippen LogP contribution in [0.15, 0.2) is 24.0 Å². The molecule has 0 spiro atoms. The van der Waals surface area contributed by atoms with Crippen molar-refractivity contribution in [2.75, 3.05) is 0 Å². The largest absolute Gasteiger partial charge is 0.484 e. The lowest BCUT2D eigenvalue weighted by atomic mass is 10.2. The molecule has 0 N–H and O–H groups in total. The number of hydrogen-bond donors (Lipinski definition) is 0. The third-order valence-corrected chi connectivity index (χ3v) is 1.47. The fourth-order valence-electron chi connectivity index (χ4n) is 0.919. The molecule has 1 atom stereocenters. The first-order chi connectivity index (χ1) is 5.33. The maximum atomic E-state index is 10.2. The number of allylic oxidation sites excluding steroid dienone is 3. The standard InChI is InChI=1S/C9H12O2/c1-8(7-10)11-9-5-3-2-4-6-9/h3,5-8H,2,4H2,1H3/t8-/m1/s1. The molecule has 0 aliphatic heterocycles. The summed E-state index contributed by atoms with van der Waals surface area (Å²) in [7, 11) is 0. The Bertz CT molecular complexity index is 192. The molecule has 0 heterocycles. The number of ether oxygens (including phenoxy) is 1. The summed E-state index contributed by atoms with van der Waals surface area (Å²) in [5.41, 5.74) is 0. The van der Waals surface area contributed by atoms with Crippen molar-refractivity contribution in [3.63, 3.8) is 0 Å². The van der Waals surface area contributed by atoms with Gasteiger partial charge in [0, 0.05) is 0 Å². The molecular weight excluding hydrogens is 140 g/mol. The first kappa shape index (κ1) is 8.05. The molecule has 2 nitrogen and oxygen atoms in total. The molecule has 0 fully saturated rings. The second-order valence-corrected chi connectivity index (χ2v) is 2.55. The summed E-state index contributed by atoms with van der Waals surface area (Å²) in [4.78, 5) is 10.2. The molecule has 11 heavy (non-hydrogen) atoms. The fraction of sp³-hybridized carbons (Fsp3) is 0.444. The minimum Gasteiger partial charge on any atom is -0.484 e. The van der Waals surface area contributed by atoms with Gasteiger partial charge in [-0.15, -0.1) is 0 Å². The van der Waals surface area contributed by atoms with Gasteiger partial charge >= 0.3 is 0 Å². The van der Waals surface area contributed by atoms with Crippen LogP contribution in [0.4, 0.5) is 0 Å². The van der Waals surface area contributed by atoms with Gasteiger partial charge < -0.3 is 4.74 Å². The molecule has 0 saturated heterocycles. The van der Waals surface area contributed by atoms with Crippen molar-refractivity contribution < 1.29 is 9.53 Å². The van der Waals surface area contributed by atoms with Gasteiger partial charge in [0.1, 0.15) is 5.76 Å². The molecule has 0 radical (unpaired) electrons. The van der Waals surface area contributed by atoms with E-state index in [1.807, 2.05) is 18.2 Å². The van der Waals surface area contributed by atoms with E-state index in [1.165, 1.54) is 0 Å². The molecule has 0 aromatic rings. The van der Waals surface area contributed by atoms with Gasteiger partial charge in [0.15, 0.2) is 12.4 Å². The predicted octanol–water partition coefficient (Wildman–Crippen LogP) is 1.82. The van der Waals surface area contributed by atoms with Crippen LogP contribution < -0.4 is 0 Å². The Morgan fingerprint density at radius 3 is 3.00 bits per heavy atom. The highest BCUT2D eigenvalue weighted by atomic mass is 16.5. The Morgan fingerprint density at radius 1 is 1.64 bits per heavy atom. The molecule has 0 bridgehead atoms. The first-order valence-electron chi connectivity index (χ1n) is 3.81. The van der Waals surface area contributed by atoms with Crippen molar-refractivity contribution in [3.8, 4) is 0 Å². The van der Waals surface area contributed by atoms with E-state index in [-0.39, 0.29) is 6.10 Å². The zero-order valence-electron chi connectivity index (χ0n) is 6.62. The van der Waals surface area contributed by atoms with Crippen LogP contribution in [0, 0.1) is 0 Å². The van der Waals surface area contributed by atoms with Crippen molar-refractivity contribution in [2.24, 2.45) is 0 Å². The van der Waals surface area contributed by atoms with Gasteiger partial charge in [0.2, 0.25) is 0 Å². The molecule has 1 aliphatic carbocycles. The highest BCUT2D eigenvalue weighted by Gasteiger charge is 2.02. The first-order valence-corrected chi connectivity index (χ1v) is 3.81. The van der Waals surface area contributed by atoms with Gasteiger partial charge in [-0.05, 0) is 31.9 Å². The lowest BCUT2D eigenvalue weighted by Crippen LogP contribution is -2.08. The SMILES string of the molecule is C[C@H](C=O)OC1=CCCC=C1. The average Bonchev–Trinajstić information content (AvgIpc) is 2.06. The summed E-state index contributed by atoms with van der Waals surface area (Å²) in [5.74, 6) is 0.816. The van der Waals surface area contributed by atoms with E-state index in [0.717, 1.165) is 24.9 Å². The average molecular weight is 152 g/mol. The van der Waals surface area contributed by atoms with Gasteiger partial charge in [-0.3, -0.25) is 4.79 Å². The van der Waals surface area contributed by atoms with Crippen LogP contribution in [0.2, 0.25) is 0 Å². The normalized spacial score (nSPS) is 18.8. The Kier molecular flexibility index (Phi) is 2.90. The quantitative estimate of drug-likeness (QED) is 0.576. The van der Waals surface area contributed by atoms with E-state index in [9.17, 15) is 4.79 Å². The van der Waals surface area contributed by atoms with E-state index in [4.69, 9.17) is 4.74 Å². The third kappa shape index (κ3) is 2.58. The molecule has 1 rings (SSSR count). The van der Waals surface area contributed by atoms with Gasteiger partial charge in [-0.2, -0.15) is 0 Å². The molecule has 0 unspecified atom stereocenters. The zero-order valence-corrected chi connectivity index (χ0v) is 6.62. The summed E-state index contributed by atoms with van der Waals surface area (Å²) in [5, 5.41) is 0. The summed E-state index contributed by atoms with van der Waals surface area (Å²) in [6.45, 7) is 1.73. The van der Waals surface area contributed by atoms with E-state index in [1.54, 1.807) is 6.92 Å². The van der Waals surface area contributed by atoms with E-state index in [0.29, 0.717) is 0 Å². The topological polar surface area (TPSA) is 26.3 Å². The minimum absolute atomic E-state index is 0.330.